The van der Waals surface area contributed by atoms with Crippen LogP contribution in [0.5, 0.6) is 0 Å². The maximum atomic E-state index is 10.0. The topological polar surface area (TPSA) is 62.1 Å². The first kappa shape index (κ1) is 14.6. The second kappa shape index (κ2) is 5.89. The lowest BCUT2D eigenvalue weighted by Crippen LogP contribution is -2.45. The van der Waals surface area contributed by atoms with Gasteiger partial charge in [0.05, 0.1) is 6.10 Å². The molecule has 2 bridgehead atoms. The van der Waals surface area contributed by atoms with E-state index in [2.05, 4.69) is 27.9 Å². The molecule has 0 saturated carbocycles. The van der Waals surface area contributed by atoms with E-state index >= 15 is 0 Å². The van der Waals surface area contributed by atoms with Crippen LogP contribution in [0, 0.1) is 0 Å². The van der Waals surface area contributed by atoms with Gasteiger partial charge >= 0.3 is 0 Å². The summed E-state index contributed by atoms with van der Waals surface area (Å²) in [6.45, 7) is 2.12. The van der Waals surface area contributed by atoms with Crippen LogP contribution in [0.2, 0.25) is 0 Å². The molecule has 2 unspecified atom stereocenters. The molecule has 0 amide bonds. The van der Waals surface area contributed by atoms with Gasteiger partial charge in [-0.3, -0.25) is 4.98 Å². The molecule has 5 nitrogen and oxygen atoms in total. The van der Waals surface area contributed by atoms with Crippen LogP contribution >= 0.6 is 0 Å². The number of nitrogens with zero attached hydrogens (tertiary/aromatic N) is 4. The molecule has 4 rings (SSSR count). The minimum absolute atomic E-state index is 0.157. The molecule has 2 aliphatic heterocycles. The number of fused-ring (bicyclic) bond motifs is 2. The normalized spacial score (nSPS) is 26.5. The Morgan fingerprint density at radius 3 is 2.48 bits per heavy atom. The molecular formula is C18H22N4O. The molecule has 2 aromatic heterocycles. The second-order valence-corrected chi connectivity index (χ2v) is 6.55. The number of rotatable bonds is 3. The number of aliphatic hydroxyl groups excluding tert-OH is 1. The molecule has 2 fully saturated rings. The summed E-state index contributed by atoms with van der Waals surface area (Å²) in [5, 5.41) is 10.0. The number of aromatic nitrogens is 3. The molecule has 120 valence electrons. The zero-order chi connectivity index (χ0) is 15.8. The largest absolute Gasteiger partial charge is 0.393 e. The fourth-order valence-electron chi connectivity index (χ4n) is 3.95. The molecule has 2 aliphatic rings. The van der Waals surface area contributed by atoms with Crippen LogP contribution < -0.4 is 4.90 Å². The predicted molar refractivity (Wildman–Crippen MR) is 89.2 cm³/mol. The summed E-state index contributed by atoms with van der Waals surface area (Å²) in [5.74, 6) is 1.79. The lowest BCUT2D eigenvalue weighted by atomic mass is 10.00. The van der Waals surface area contributed by atoms with Crippen molar-refractivity contribution >= 4 is 5.82 Å². The van der Waals surface area contributed by atoms with Gasteiger partial charge in [0.15, 0.2) is 5.82 Å². The third-order valence-corrected chi connectivity index (χ3v) is 5.04. The molecule has 0 spiro atoms. The van der Waals surface area contributed by atoms with Crippen molar-refractivity contribution in [2.75, 3.05) is 4.90 Å². The Hall–Kier alpha value is -2.01. The molecule has 2 aromatic rings. The van der Waals surface area contributed by atoms with Crippen LogP contribution in [0.25, 0.3) is 11.4 Å². The van der Waals surface area contributed by atoms with Crippen molar-refractivity contribution in [1.82, 2.24) is 15.0 Å². The van der Waals surface area contributed by atoms with Gasteiger partial charge in [0.25, 0.3) is 0 Å². The zero-order valence-corrected chi connectivity index (χ0v) is 13.4. The number of hydrogen-bond donors (Lipinski definition) is 1. The lowest BCUT2D eigenvalue weighted by molar-refractivity contribution is 0.126. The Morgan fingerprint density at radius 1 is 1.13 bits per heavy atom. The van der Waals surface area contributed by atoms with Gasteiger partial charge in [-0.1, -0.05) is 6.92 Å². The minimum atomic E-state index is -0.157. The summed E-state index contributed by atoms with van der Waals surface area (Å²) >= 11 is 0. The number of aliphatic hydroxyl groups is 1. The monoisotopic (exact) mass is 310 g/mol. The molecule has 1 N–H and O–H groups in total. The highest BCUT2D eigenvalue weighted by Crippen LogP contribution is 2.39. The molecule has 5 heteroatoms. The average molecular weight is 310 g/mol. The van der Waals surface area contributed by atoms with Crippen LogP contribution in [0.15, 0.2) is 30.6 Å². The van der Waals surface area contributed by atoms with Gasteiger partial charge in [0.2, 0.25) is 0 Å². The zero-order valence-electron chi connectivity index (χ0n) is 13.4. The summed E-state index contributed by atoms with van der Waals surface area (Å²) in [7, 11) is 0. The fourth-order valence-corrected chi connectivity index (χ4v) is 3.95. The molecule has 2 atom stereocenters. The van der Waals surface area contributed by atoms with Crippen molar-refractivity contribution < 1.29 is 5.11 Å². The van der Waals surface area contributed by atoms with E-state index in [1.165, 1.54) is 0 Å². The van der Waals surface area contributed by atoms with Crippen molar-refractivity contribution in [2.45, 2.75) is 57.2 Å². The van der Waals surface area contributed by atoms with Crippen LogP contribution in [0.4, 0.5) is 5.82 Å². The summed E-state index contributed by atoms with van der Waals surface area (Å²) in [6.07, 6.45) is 8.29. The number of pyridine rings is 1. The van der Waals surface area contributed by atoms with E-state index in [9.17, 15) is 5.11 Å². The first-order valence-electron chi connectivity index (χ1n) is 8.49. The van der Waals surface area contributed by atoms with Gasteiger partial charge in [-0.15, -0.1) is 0 Å². The van der Waals surface area contributed by atoms with Gasteiger partial charge in [0.1, 0.15) is 5.82 Å². The smallest absolute Gasteiger partial charge is 0.161 e. The maximum absolute atomic E-state index is 10.0. The highest BCUT2D eigenvalue weighted by Gasteiger charge is 2.41. The van der Waals surface area contributed by atoms with Crippen molar-refractivity contribution in [3.05, 3.63) is 36.3 Å². The van der Waals surface area contributed by atoms with E-state index in [0.717, 1.165) is 55.0 Å². The third-order valence-electron chi connectivity index (χ3n) is 5.04. The quantitative estimate of drug-likeness (QED) is 0.944. The Kier molecular flexibility index (Phi) is 3.73. The highest BCUT2D eigenvalue weighted by molar-refractivity contribution is 5.58. The van der Waals surface area contributed by atoms with Crippen molar-refractivity contribution in [2.24, 2.45) is 0 Å². The number of hydrogen-bond acceptors (Lipinski definition) is 5. The average Bonchev–Trinajstić information content (AvgIpc) is 2.87. The lowest BCUT2D eigenvalue weighted by Gasteiger charge is -2.38. The van der Waals surface area contributed by atoms with E-state index in [4.69, 9.17) is 4.98 Å². The highest BCUT2D eigenvalue weighted by atomic mass is 16.3. The van der Waals surface area contributed by atoms with Crippen molar-refractivity contribution in [1.29, 1.82) is 0 Å². The molecule has 4 heterocycles. The third kappa shape index (κ3) is 2.70. The molecule has 2 saturated heterocycles. The molecule has 0 aliphatic carbocycles. The number of piperidine rings is 1. The van der Waals surface area contributed by atoms with Crippen LogP contribution in [0.3, 0.4) is 0 Å². The first-order valence-corrected chi connectivity index (χ1v) is 8.49. The summed E-state index contributed by atoms with van der Waals surface area (Å²) in [5.41, 5.74) is 2.06. The Morgan fingerprint density at radius 2 is 1.83 bits per heavy atom. The van der Waals surface area contributed by atoms with Gasteiger partial charge in [-0.25, -0.2) is 9.97 Å². The van der Waals surface area contributed by atoms with Gasteiger partial charge < -0.3 is 10.0 Å². The summed E-state index contributed by atoms with van der Waals surface area (Å²) in [6, 6.07) is 6.84. The molecule has 23 heavy (non-hydrogen) atoms. The van der Waals surface area contributed by atoms with Gasteiger partial charge in [-0.2, -0.15) is 0 Å². The number of anilines is 1. The standard InChI is InChI=1S/C18H22N4O/c1-2-13-9-17(21-18(20-13)12-5-7-19-8-6-12)22-14-3-4-15(22)11-16(23)10-14/h5-9,14-16,23H,2-4,10-11H2,1H3. The fraction of sp³-hybridized carbons (Fsp3) is 0.500. The van der Waals surface area contributed by atoms with Crippen LogP contribution in [0.1, 0.15) is 38.3 Å². The Bertz CT molecular complexity index is 677. The minimum Gasteiger partial charge on any atom is -0.393 e. The molecule has 0 radical (unpaired) electrons. The van der Waals surface area contributed by atoms with E-state index in [1.807, 2.05) is 12.1 Å². The van der Waals surface area contributed by atoms with Gasteiger partial charge in [-0.05, 0) is 44.2 Å². The van der Waals surface area contributed by atoms with Crippen LogP contribution in [-0.4, -0.2) is 38.2 Å². The van der Waals surface area contributed by atoms with E-state index in [-0.39, 0.29) is 6.10 Å². The summed E-state index contributed by atoms with van der Waals surface area (Å²) in [4.78, 5) is 16.0. The summed E-state index contributed by atoms with van der Waals surface area (Å²) < 4.78 is 0. The number of aryl methyl sites for hydroxylation is 1. The van der Waals surface area contributed by atoms with E-state index in [0.29, 0.717) is 12.1 Å². The predicted octanol–water partition coefficient (Wildman–Crippen LogP) is 2.59. The van der Waals surface area contributed by atoms with Crippen molar-refractivity contribution in [3.63, 3.8) is 0 Å². The second-order valence-electron chi connectivity index (χ2n) is 6.55. The molecule has 0 aromatic carbocycles. The molecular weight excluding hydrogens is 288 g/mol. The maximum Gasteiger partial charge on any atom is 0.161 e. The van der Waals surface area contributed by atoms with Crippen molar-refractivity contribution in [3.8, 4) is 11.4 Å². The first-order chi connectivity index (χ1) is 11.2. The Balaban J connectivity index is 1.74. The van der Waals surface area contributed by atoms with Crippen LogP contribution in [-0.2, 0) is 6.42 Å². The van der Waals surface area contributed by atoms with Gasteiger partial charge in [0, 0.05) is 41.8 Å². The van der Waals surface area contributed by atoms with E-state index in [1.54, 1.807) is 12.4 Å². The van der Waals surface area contributed by atoms with E-state index < -0.39 is 0 Å². The Labute approximate surface area is 136 Å². The SMILES string of the molecule is CCc1cc(N2C3CCC2CC(O)C3)nc(-c2ccncc2)n1.